The van der Waals surface area contributed by atoms with Crippen LogP contribution in [0.1, 0.15) is 69.9 Å². The van der Waals surface area contributed by atoms with E-state index < -0.39 is 0 Å². The lowest BCUT2D eigenvalue weighted by molar-refractivity contribution is -0.133. The van der Waals surface area contributed by atoms with Crippen LogP contribution in [-0.4, -0.2) is 32.1 Å². The first-order chi connectivity index (χ1) is 10.1. The van der Waals surface area contributed by atoms with Crippen LogP contribution in [-0.2, 0) is 17.9 Å². The van der Waals surface area contributed by atoms with E-state index in [-0.39, 0.29) is 0 Å². The Morgan fingerprint density at radius 3 is 2.71 bits per heavy atom. The highest BCUT2D eigenvalue weighted by Gasteiger charge is 2.26. The molecule has 1 aromatic rings. The fraction of sp³-hybridized carbons (Fsp3) is 0.812. The summed E-state index contributed by atoms with van der Waals surface area (Å²) in [6.07, 6.45) is 7.11. The summed E-state index contributed by atoms with van der Waals surface area (Å²) in [5, 5.41) is 8.54. The van der Waals surface area contributed by atoms with Gasteiger partial charge < -0.3 is 9.47 Å². The molecule has 5 nitrogen and oxygen atoms in total. The maximum atomic E-state index is 12.4. The largest absolute Gasteiger partial charge is 0.333 e. The summed E-state index contributed by atoms with van der Waals surface area (Å²) >= 11 is 0. The Morgan fingerprint density at radius 2 is 2.00 bits per heavy atom. The number of rotatable bonds is 4. The molecule has 0 aromatic carbocycles. The second kappa shape index (κ2) is 6.16. The number of amides is 1. The van der Waals surface area contributed by atoms with Gasteiger partial charge in [-0.25, -0.2) is 0 Å². The van der Waals surface area contributed by atoms with Gasteiger partial charge in [-0.15, -0.1) is 10.2 Å². The molecule has 0 atom stereocenters. The van der Waals surface area contributed by atoms with Crippen molar-refractivity contribution in [3.63, 3.8) is 0 Å². The van der Waals surface area contributed by atoms with Crippen LogP contribution in [0, 0.1) is 5.92 Å². The first-order valence-corrected chi connectivity index (χ1v) is 8.35. The van der Waals surface area contributed by atoms with Gasteiger partial charge in [-0.2, -0.15) is 0 Å². The molecule has 2 aliphatic rings. The predicted octanol–water partition coefficient (Wildman–Crippen LogP) is 2.71. The van der Waals surface area contributed by atoms with Gasteiger partial charge in [-0.3, -0.25) is 4.79 Å². The normalized spacial score (nSPS) is 19.3. The maximum absolute atomic E-state index is 12.4. The van der Waals surface area contributed by atoms with Gasteiger partial charge in [0, 0.05) is 25.4 Å². The molecule has 116 valence electrons. The molecule has 1 saturated carbocycles. The molecule has 0 radical (unpaired) electrons. The highest BCUT2D eigenvalue weighted by Crippen LogP contribution is 2.29. The fourth-order valence-corrected chi connectivity index (χ4v) is 3.60. The minimum Gasteiger partial charge on any atom is -0.333 e. The monoisotopic (exact) mass is 290 g/mol. The van der Waals surface area contributed by atoms with Crippen LogP contribution in [0.5, 0.6) is 0 Å². The smallest absolute Gasteiger partial charge is 0.223 e. The number of hydrogen-bond acceptors (Lipinski definition) is 3. The average molecular weight is 290 g/mol. The van der Waals surface area contributed by atoms with Gasteiger partial charge in [-0.1, -0.05) is 39.5 Å². The third-order valence-corrected chi connectivity index (χ3v) is 4.89. The third-order valence-electron chi connectivity index (χ3n) is 4.89. The summed E-state index contributed by atoms with van der Waals surface area (Å²) < 4.78 is 2.19. The van der Waals surface area contributed by atoms with Crippen LogP contribution in [0.3, 0.4) is 0 Å². The molecule has 1 aliphatic carbocycles. The molecule has 1 amide bonds. The summed E-state index contributed by atoms with van der Waals surface area (Å²) in [7, 11) is 0. The second-order valence-corrected chi connectivity index (χ2v) is 6.79. The van der Waals surface area contributed by atoms with E-state index in [0.717, 1.165) is 37.1 Å². The van der Waals surface area contributed by atoms with Crippen molar-refractivity contribution >= 4 is 5.91 Å². The van der Waals surface area contributed by atoms with Crippen molar-refractivity contribution in [3.8, 4) is 0 Å². The minimum absolute atomic E-state index is 0.294. The van der Waals surface area contributed by atoms with Crippen molar-refractivity contribution in [2.75, 3.05) is 6.54 Å². The summed E-state index contributed by atoms with van der Waals surface area (Å²) in [6, 6.07) is 0. The molecule has 1 fully saturated rings. The zero-order valence-corrected chi connectivity index (χ0v) is 13.2. The van der Waals surface area contributed by atoms with Crippen molar-refractivity contribution in [2.24, 2.45) is 5.92 Å². The number of fused-ring (bicyclic) bond motifs is 1. The average Bonchev–Trinajstić information content (AvgIpc) is 3.13. The maximum Gasteiger partial charge on any atom is 0.223 e. The zero-order chi connectivity index (χ0) is 14.8. The molecular formula is C16H26N4O. The fourth-order valence-electron chi connectivity index (χ4n) is 3.60. The van der Waals surface area contributed by atoms with Crippen molar-refractivity contribution in [3.05, 3.63) is 11.6 Å². The van der Waals surface area contributed by atoms with Gasteiger partial charge in [0.2, 0.25) is 5.91 Å². The summed E-state index contributed by atoms with van der Waals surface area (Å²) in [6.45, 7) is 6.54. The van der Waals surface area contributed by atoms with Crippen LogP contribution >= 0.6 is 0 Å². The van der Waals surface area contributed by atoms with Gasteiger partial charge in [0.25, 0.3) is 0 Å². The lowest BCUT2D eigenvalue weighted by atomic mass is 10.0. The number of aromatic nitrogens is 3. The lowest BCUT2D eigenvalue weighted by Gasteiger charge is -2.28. The Balaban J connectivity index is 1.56. The lowest BCUT2D eigenvalue weighted by Crippen LogP contribution is -2.38. The Hall–Kier alpha value is -1.39. The topological polar surface area (TPSA) is 51.0 Å². The predicted molar refractivity (Wildman–Crippen MR) is 80.7 cm³/mol. The summed E-state index contributed by atoms with van der Waals surface area (Å²) in [5.41, 5.74) is 0. The molecule has 0 bridgehead atoms. The Morgan fingerprint density at radius 1 is 1.24 bits per heavy atom. The van der Waals surface area contributed by atoms with Gasteiger partial charge in [0.1, 0.15) is 5.82 Å². The first-order valence-electron chi connectivity index (χ1n) is 8.35. The molecule has 0 N–H and O–H groups in total. The van der Waals surface area contributed by atoms with E-state index in [0.29, 0.717) is 24.8 Å². The molecule has 1 aromatic heterocycles. The molecule has 0 unspecified atom stereocenters. The highest BCUT2D eigenvalue weighted by molar-refractivity contribution is 5.76. The van der Waals surface area contributed by atoms with E-state index in [1.165, 1.54) is 25.7 Å². The molecule has 0 saturated heterocycles. The van der Waals surface area contributed by atoms with Crippen molar-refractivity contribution in [2.45, 2.75) is 71.4 Å². The molecule has 21 heavy (non-hydrogen) atoms. The van der Waals surface area contributed by atoms with Crippen molar-refractivity contribution in [1.29, 1.82) is 0 Å². The standard InChI is InChI=1S/C16H26N4O/c1-12(2)16-18-17-14-11-19(9-10-20(14)16)15(21)8-7-13-5-3-4-6-13/h12-13H,3-11H2,1-2H3. The number of carbonyl (C=O) groups is 1. The van der Waals surface area contributed by atoms with Crippen LogP contribution in [0.4, 0.5) is 0 Å². The van der Waals surface area contributed by atoms with Crippen LogP contribution in [0.15, 0.2) is 0 Å². The highest BCUT2D eigenvalue weighted by atomic mass is 16.2. The number of hydrogen-bond donors (Lipinski definition) is 0. The van der Waals surface area contributed by atoms with Gasteiger partial charge in [-0.05, 0) is 12.3 Å². The van der Waals surface area contributed by atoms with Crippen molar-refractivity contribution < 1.29 is 4.79 Å². The molecule has 5 heteroatoms. The van der Waals surface area contributed by atoms with Gasteiger partial charge >= 0.3 is 0 Å². The van der Waals surface area contributed by atoms with Crippen LogP contribution in [0.25, 0.3) is 0 Å². The van der Waals surface area contributed by atoms with Crippen LogP contribution in [0.2, 0.25) is 0 Å². The Labute approximate surface area is 126 Å². The van der Waals surface area contributed by atoms with E-state index in [9.17, 15) is 4.79 Å². The van der Waals surface area contributed by atoms with Crippen LogP contribution < -0.4 is 0 Å². The Bertz CT molecular complexity index is 502. The SMILES string of the molecule is CC(C)c1nnc2n1CCN(C(=O)CCC1CCCC1)C2. The van der Waals surface area contributed by atoms with Gasteiger partial charge in [0.05, 0.1) is 6.54 Å². The first kappa shape index (κ1) is 14.5. The minimum atomic E-state index is 0.294. The second-order valence-electron chi connectivity index (χ2n) is 6.79. The van der Waals surface area contributed by atoms with E-state index >= 15 is 0 Å². The Kier molecular flexibility index (Phi) is 4.27. The van der Waals surface area contributed by atoms with Gasteiger partial charge in [0.15, 0.2) is 5.82 Å². The third kappa shape index (κ3) is 3.11. The summed E-state index contributed by atoms with van der Waals surface area (Å²) in [4.78, 5) is 14.3. The molecule has 1 aliphatic heterocycles. The van der Waals surface area contributed by atoms with E-state index in [1.807, 2.05) is 4.90 Å². The quantitative estimate of drug-likeness (QED) is 0.856. The van der Waals surface area contributed by atoms with Crippen molar-refractivity contribution in [1.82, 2.24) is 19.7 Å². The molecule has 2 heterocycles. The zero-order valence-electron chi connectivity index (χ0n) is 13.2. The number of nitrogens with zero attached hydrogens (tertiary/aromatic N) is 4. The van der Waals surface area contributed by atoms with E-state index in [2.05, 4.69) is 28.6 Å². The number of carbonyl (C=O) groups excluding carboxylic acids is 1. The molecule has 0 spiro atoms. The molecular weight excluding hydrogens is 264 g/mol. The summed E-state index contributed by atoms with van der Waals surface area (Å²) in [5.74, 6) is 3.45. The molecule has 3 rings (SSSR count). The van der Waals surface area contributed by atoms with E-state index in [4.69, 9.17) is 0 Å². The van der Waals surface area contributed by atoms with E-state index in [1.54, 1.807) is 0 Å².